The van der Waals surface area contributed by atoms with Gasteiger partial charge in [-0.05, 0) is 30.0 Å². The van der Waals surface area contributed by atoms with Gasteiger partial charge in [-0.1, -0.05) is 26.0 Å². The summed E-state index contributed by atoms with van der Waals surface area (Å²) < 4.78 is 27.1. The molecule has 7 nitrogen and oxygen atoms in total. The van der Waals surface area contributed by atoms with Gasteiger partial charge in [0.15, 0.2) is 0 Å². The van der Waals surface area contributed by atoms with E-state index in [2.05, 4.69) is 4.74 Å². The first-order valence-electron chi connectivity index (χ1n) is 8.09. The number of methoxy groups -OCH3 is 1. The van der Waals surface area contributed by atoms with Gasteiger partial charge in [0.2, 0.25) is 15.9 Å². The minimum absolute atomic E-state index is 0.0138. The Balaban J connectivity index is 2.73. The second kappa shape index (κ2) is 9.53. The van der Waals surface area contributed by atoms with Crippen LogP contribution in [0.1, 0.15) is 32.3 Å². The van der Waals surface area contributed by atoms with Crippen molar-refractivity contribution in [1.82, 2.24) is 4.90 Å². The lowest BCUT2D eigenvalue weighted by atomic mass is 10.1. The Morgan fingerprint density at radius 1 is 1.16 bits per heavy atom. The molecule has 0 aliphatic carbocycles. The van der Waals surface area contributed by atoms with Crippen LogP contribution < -0.4 is 5.14 Å². The second-order valence-corrected chi connectivity index (χ2v) is 7.81. The van der Waals surface area contributed by atoms with Crippen molar-refractivity contribution in [3.8, 4) is 0 Å². The molecule has 0 fully saturated rings. The molecule has 0 spiro atoms. The molecule has 0 atom stereocenters. The van der Waals surface area contributed by atoms with Gasteiger partial charge in [-0.3, -0.25) is 9.59 Å². The molecule has 140 valence electrons. The molecule has 2 N–H and O–H groups in total. The van der Waals surface area contributed by atoms with Crippen LogP contribution in [0.5, 0.6) is 0 Å². The first-order chi connectivity index (χ1) is 11.6. The fraction of sp³-hybridized carbons (Fsp3) is 0.529. The lowest BCUT2D eigenvalue weighted by Gasteiger charge is -2.23. The van der Waals surface area contributed by atoms with E-state index in [0.717, 1.165) is 5.56 Å². The molecule has 8 heteroatoms. The quantitative estimate of drug-likeness (QED) is 0.660. The zero-order valence-corrected chi connectivity index (χ0v) is 15.7. The number of ether oxygens (including phenoxy) is 1. The number of esters is 1. The Morgan fingerprint density at radius 2 is 1.76 bits per heavy atom. The van der Waals surface area contributed by atoms with Gasteiger partial charge in [-0.15, -0.1) is 0 Å². The van der Waals surface area contributed by atoms with Gasteiger partial charge < -0.3 is 9.64 Å². The van der Waals surface area contributed by atoms with Crippen molar-refractivity contribution < 1.29 is 22.7 Å². The summed E-state index contributed by atoms with van der Waals surface area (Å²) in [6.07, 6.45) is 1.10. The summed E-state index contributed by atoms with van der Waals surface area (Å²) in [6.45, 7) is 4.66. The molecule has 0 bridgehead atoms. The third kappa shape index (κ3) is 7.66. The third-order valence-electron chi connectivity index (χ3n) is 3.67. The van der Waals surface area contributed by atoms with Crippen LogP contribution in [-0.2, 0) is 30.8 Å². The number of rotatable bonds is 9. The maximum Gasteiger partial charge on any atom is 0.307 e. The van der Waals surface area contributed by atoms with Crippen molar-refractivity contribution in [2.24, 2.45) is 11.1 Å². The Labute approximate surface area is 149 Å². The Morgan fingerprint density at radius 3 is 2.24 bits per heavy atom. The number of carbonyl (C=O) groups is 2. The van der Waals surface area contributed by atoms with Gasteiger partial charge in [0.05, 0.1) is 18.4 Å². The van der Waals surface area contributed by atoms with Gasteiger partial charge in [0.1, 0.15) is 0 Å². The molecule has 0 heterocycles. The normalized spacial score (nSPS) is 11.4. The molecule has 1 rings (SSSR count). The topological polar surface area (TPSA) is 107 Å². The smallest absolute Gasteiger partial charge is 0.307 e. The number of hydrogen-bond donors (Lipinski definition) is 1. The molecule has 1 amide bonds. The van der Waals surface area contributed by atoms with Gasteiger partial charge in [-0.2, -0.15) is 0 Å². The summed E-state index contributed by atoms with van der Waals surface area (Å²) in [5.74, 6) is -0.151. The number of carbonyl (C=O) groups excluding carboxylic acids is 2. The molecule has 0 saturated carbocycles. The zero-order valence-electron chi connectivity index (χ0n) is 14.9. The number of nitrogens with two attached hydrogens (primary N) is 1. The summed E-state index contributed by atoms with van der Waals surface area (Å²) >= 11 is 0. The lowest BCUT2D eigenvalue weighted by molar-refractivity contribution is -0.141. The standard InChI is InChI=1S/C17H26N2O5S/c1-13(2)12-16(20)19(11-9-17(21)24-3)10-8-14-4-6-15(7-5-14)25(18,22)23/h4-7,13H,8-12H2,1-3H3,(H2,18,22,23). The molecule has 0 saturated heterocycles. The van der Waals surface area contributed by atoms with E-state index in [4.69, 9.17) is 5.14 Å². The molecule has 0 aliphatic heterocycles. The molecular formula is C17H26N2O5S. The van der Waals surface area contributed by atoms with E-state index in [0.29, 0.717) is 25.9 Å². The highest BCUT2D eigenvalue weighted by atomic mass is 32.2. The number of amides is 1. The average molecular weight is 370 g/mol. The molecule has 0 radical (unpaired) electrons. The molecular weight excluding hydrogens is 344 g/mol. The van der Waals surface area contributed by atoms with Gasteiger partial charge in [0.25, 0.3) is 0 Å². The van der Waals surface area contributed by atoms with Gasteiger partial charge >= 0.3 is 5.97 Å². The Kier molecular flexibility index (Phi) is 8.05. The van der Waals surface area contributed by atoms with Crippen LogP contribution in [-0.4, -0.2) is 45.4 Å². The van der Waals surface area contributed by atoms with Crippen molar-refractivity contribution in [1.29, 1.82) is 0 Å². The van der Waals surface area contributed by atoms with Crippen LogP contribution in [0.4, 0.5) is 0 Å². The number of benzene rings is 1. The molecule has 0 unspecified atom stereocenters. The number of nitrogens with zero attached hydrogens (tertiary/aromatic N) is 1. The minimum Gasteiger partial charge on any atom is -0.469 e. The van der Waals surface area contributed by atoms with Crippen LogP contribution in [0.25, 0.3) is 0 Å². The van der Waals surface area contributed by atoms with Crippen LogP contribution in [0.3, 0.4) is 0 Å². The molecule has 1 aromatic carbocycles. The van der Waals surface area contributed by atoms with Gasteiger partial charge in [0, 0.05) is 19.5 Å². The van der Waals surface area contributed by atoms with Crippen molar-refractivity contribution in [3.05, 3.63) is 29.8 Å². The van der Waals surface area contributed by atoms with E-state index in [-0.39, 0.29) is 29.1 Å². The zero-order chi connectivity index (χ0) is 19.0. The number of sulfonamides is 1. The molecule has 0 aliphatic rings. The van der Waals surface area contributed by atoms with E-state index < -0.39 is 10.0 Å². The average Bonchev–Trinajstić information content (AvgIpc) is 2.53. The molecule has 25 heavy (non-hydrogen) atoms. The van der Waals surface area contributed by atoms with E-state index in [1.807, 2.05) is 13.8 Å². The van der Waals surface area contributed by atoms with Gasteiger partial charge in [-0.25, -0.2) is 13.6 Å². The SMILES string of the molecule is COC(=O)CCN(CCc1ccc(S(N)(=O)=O)cc1)C(=O)CC(C)C. The monoisotopic (exact) mass is 370 g/mol. The van der Waals surface area contributed by atoms with Crippen LogP contribution >= 0.6 is 0 Å². The maximum absolute atomic E-state index is 12.3. The van der Waals surface area contributed by atoms with Crippen molar-refractivity contribution in [2.45, 2.75) is 38.0 Å². The summed E-state index contributed by atoms with van der Waals surface area (Å²) in [6, 6.07) is 6.23. The van der Waals surface area contributed by atoms with Crippen molar-refractivity contribution >= 4 is 21.9 Å². The maximum atomic E-state index is 12.3. The lowest BCUT2D eigenvalue weighted by Crippen LogP contribution is -2.35. The summed E-state index contributed by atoms with van der Waals surface area (Å²) in [7, 11) is -2.40. The fourth-order valence-corrected chi connectivity index (χ4v) is 2.79. The summed E-state index contributed by atoms with van der Waals surface area (Å²) in [4.78, 5) is 25.4. The van der Waals surface area contributed by atoms with E-state index in [1.165, 1.54) is 19.2 Å². The largest absolute Gasteiger partial charge is 0.469 e. The highest BCUT2D eigenvalue weighted by Crippen LogP contribution is 2.11. The van der Waals surface area contributed by atoms with Crippen LogP contribution in [0, 0.1) is 5.92 Å². The third-order valence-corrected chi connectivity index (χ3v) is 4.60. The van der Waals surface area contributed by atoms with E-state index >= 15 is 0 Å². The molecule has 0 aromatic heterocycles. The summed E-state index contributed by atoms with van der Waals surface area (Å²) in [5, 5.41) is 5.07. The number of hydrogen-bond acceptors (Lipinski definition) is 5. The van der Waals surface area contributed by atoms with Crippen LogP contribution in [0.15, 0.2) is 29.2 Å². The van der Waals surface area contributed by atoms with E-state index in [9.17, 15) is 18.0 Å². The predicted molar refractivity (Wildman–Crippen MR) is 94.2 cm³/mol. The highest BCUT2D eigenvalue weighted by Gasteiger charge is 2.16. The van der Waals surface area contributed by atoms with Crippen molar-refractivity contribution in [3.63, 3.8) is 0 Å². The van der Waals surface area contributed by atoms with Crippen molar-refractivity contribution in [2.75, 3.05) is 20.2 Å². The second-order valence-electron chi connectivity index (χ2n) is 6.24. The Hall–Kier alpha value is -1.93. The van der Waals surface area contributed by atoms with Crippen LogP contribution in [0.2, 0.25) is 0 Å². The molecule has 1 aromatic rings. The highest BCUT2D eigenvalue weighted by molar-refractivity contribution is 7.89. The summed E-state index contributed by atoms with van der Waals surface area (Å²) in [5.41, 5.74) is 0.882. The van der Waals surface area contributed by atoms with E-state index in [1.54, 1.807) is 17.0 Å². The predicted octanol–water partition coefficient (Wildman–Crippen LogP) is 1.31. The minimum atomic E-state index is -3.71. The fourth-order valence-electron chi connectivity index (χ4n) is 2.28. The number of primary sulfonamides is 1. The Bertz CT molecular complexity index is 683. The first-order valence-corrected chi connectivity index (χ1v) is 9.64. The first kappa shape index (κ1) is 21.1.